The van der Waals surface area contributed by atoms with Crippen LogP contribution in [0.3, 0.4) is 0 Å². The Morgan fingerprint density at radius 2 is 1.67 bits per heavy atom. The molecule has 2 heterocycles. The number of aliphatic hydroxyl groups is 1. The lowest BCUT2D eigenvalue weighted by molar-refractivity contribution is -0.164. The second-order valence-electron chi connectivity index (χ2n) is 13.3. The molecule has 0 aromatic heterocycles. The molecule has 1 unspecified atom stereocenters. The highest BCUT2D eigenvalue weighted by molar-refractivity contribution is 5.95. The molecule has 3 aliphatic rings. The molecule has 8 nitrogen and oxygen atoms in total. The first-order valence-corrected chi connectivity index (χ1v) is 15.0. The Morgan fingerprint density at radius 1 is 1.02 bits per heavy atom. The Labute approximate surface area is 252 Å². The molecule has 0 bridgehead atoms. The molecular formula is C33H42F2N4O4. The zero-order valence-electron chi connectivity index (χ0n) is 25.6. The molecule has 1 amide bonds. The van der Waals surface area contributed by atoms with Gasteiger partial charge < -0.3 is 24.8 Å². The minimum absolute atomic E-state index is 0.189. The van der Waals surface area contributed by atoms with Gasteiger partial charge in [0.2, 0.25) is 0 Å². The van der Waals surface area contributed by atoms with Crippen LogP contribution in [0.15, 0.2) is 42.5 Å². The van der Waals surface area contributed by atoms with Crippen LogP contribution in [0, 0.1) is 22.2 Å². The van der Waals surface area contributed by atoms with Crippen molar-refractivity contribution in [3.05, 3.63) is 53.6 Å². The summed E-state index contributed by atoms with van der Waals surface area (Å²) in [5.74, 6) is -2.07. The molecule has 43 heavy (non-hydrogen) atoms. The molecule has 2 aromatic carbocycles. The Morgan fingerprint density at radius 3 is 2.26 bits per heavy atom. The number of likely N-dealkylation sites (tertiary alicyclic amines) is 1. The van der Waals surface area contributed by atoms with E-state index in [2.05, 4.69) is 11.4 Å². The van der Waals surface area contributed by atoms with E-state index in [9.17, 15) is 15.2 Å². The highest BCUT2D eigenvalue weighted by Crippen LogP contribution is 2.55. The normalized spacial score (nSPS) is 26.6. The Bertz CT molecular complexity index is 1350. The summed E-state index contributed by atoms with van der Waals surface area (Å²) in [4.78, 5) is 16.8. The zero-order chi connectivity index (χ0) is 31.2. The molecule has 0 spiro atoms. The van der Waals surface area contributed by atoms with Gasteiger partial charge in [-0.1, -0.05) is 27.7 Å². The molecule has 232 valence electrons. The number of aliphatic hydroxyl groups excluding tert-OH is 1. The number of rotatable bonds is 7. The van der Waals surface area contributed by atoms with E-state index in [1.54, 1.807) is 47.4 Å². The molecular weight excluding hydrogens is 554 g/mol. The standard InChI is InChI=1S/C33H42F2N4O4/c1-31(2)29(32(3,4)30(31)43-25-11-8-22(19-36)26(18-25)42-5)37-28(41)21-6-9-23(10-7-21)39-17-14-27(33(34,35)20-39)38-15-12-24(40)13-16-38/h6-11,18,24,27,29-30,40H,12-17,20H2,1-5H3,(H,37,41). The quantitative estimate of drug-likeness (QED) is 0.472. The van der Waals surface area contributed by atoms with Crippen molar-refractivity contribution in [2.24, 2.45) is 10.8 Å². The second kappa shape index (κ2) is 11.6. The van der Waals surface area contributed by atoms with E-state index in [0.29, 0.717) is 67.2 Å². The van der Waals surface area contributed by atoms with E-state index in [-0.39, 0.29) is 24.6 Å². The van der Waals surface area contributed by atoms with Crippen molar-refractivity contribution in [2.75, 3.05) is 38.2 Å². The van der Waals surface area contributed by atoms with E-state index >= 15 is 8.78 Å². The number of halogens is 2. The molecule has 1 saturated carbocycles. The number of alkyl halides is 2. The van der Waals surface area contributed by atoms with Crippen LogP contribution in [0.4, 0.5) is 14.5 Å². The van der Waals surface area contributed by atoms with Crippen LogP contribution in [-0.2, 0) is 0 Å². The number of nitrogens with one attached hydrogen (secondary N) is 1. The number of carbonyl (C=O) groups excluding carboxylic acids is 1. The second-order valence-corrected chi connectivity index (χ2v) is 13.3. The summed E-state index contributed by atoms with van der Waals surface area (Å²) < 4.78 is 42.1. The van der Waals surface area contributed by atoms with Crippen molar-refractivity contribution in [1.82, 2.24) is 10.2 Å². The molecule has 1 aliphatic carbocycles. The third-order valence-electron chi connectivity index (χ3n) is 9.66. The van der Waals surface area contributed by atoms with E-state index in [0.717, 1.165) is 0 Å². The fourth-order valence-corrected chi connectivity index (χ4v) is 7.61. The monoisotopic (exact) mass is 596 g/mol. The number of piperidine rings is 2. The fraction of sp³-hybridized carbons (Fsp3) is 0.576. The molecule has 5 rings (SSSR count). The van der Waals surface area contributed by atoms with Crippen molar-refractivity contribution in [2.45, 2.75) is 77.2 Å². The van der Waals surface area contributed by atoms with Gasteiger partial charge in [0.25, 0.3) is 11.8 Å². The van der Waals surface area contributed by atoms with Gasteiger partial charge in [-0.05, 0) is 55.7 Å². The van der Waals surface area contributed by atoms with Crippen LogP contribution in [0.2, 0.25) is 0 Å². The molecule has 2 N–H and O–H groups in total. The van der Waals surface area contributed by atoms with Crippen LogP contribution in [0.25, 0.3) is 0 Å². The maximum Gasteiger partial charge on any atom is 0.280 e. The van der Waals surface area contributed by atoms with Gasteiger partial charge in [-0.3, -0.25) is 9.69 Å². The molecule has 3 fully saturated rings. The van der Waals surface area contributed by atoms with Gasteiger partial charge in [0.05, 0.1) is 31.4 Å². The largest absolute Gasteiger partial charge is 0.495 e. The van der Waals surface area contributed by atoms with Crippen LogP contribution >= 0.6 is 0 Å². The number of methoxy groups -OCH3 is 1. The van der Waals surface area contributed by atoms with E-state index < -0.39 is 28.9 Å². The number of hydrogen-bond acceptors (Lipinski definition) is 7. The third kappa shape index (κ3) is 5.89. The number of nitriles is 1. The summed E-state index contributed by atoms with van der Waals surface area (Å²) in [6, 6.07) is 13.1. The topological polar surface area (TPSA) is 98.1 Å². The zero-order valence-corrected chi connectivity index (χ0v) is 25.6. The Kier molecular flexibility index (Phi) is 8.36. The van der Waals surface area contributed by atoms with E-state index in [1.165, 1.54) is 7.11 Å². The molecule has 10 heteroatoms. The van der Waals surface area contributed by atoms with Gasteiger partial charge in [0.1, 0.15) is 23.7 Å². The summed E-state index contributed by atoms with van der Waals surface area (Å²) >= 11 is 0. The maximum atomic E-state index is 15.2. The van der Waals surface area contributed by atoms with E-state index in [1.807, 2.05) is 32.6 Å². The van der Waals surface area contributed by atoms with Crippen molar-refractivity contribution in [3.63, 3.8) is 0 Å². The number of benzene rings is 2. The predicted molar refractivity (Wildman–Crippen MR) is 160 cm³/mol. The summed E-state index contributed by atoms with van der Waals surface area (Å²) in [6.45, 7) is 9.32. The number of anilines is 1. The van der Waals surface area contributed by atoms with Gasteiger partial charge in [-0.2, -0.15) is 5.26 Å². The Hall–Kier alpha value is -3.42. The first kappa shape index (κ1) is 31.0. The first-order chi connectivity index (χ1) is 20.3. The predicted octanol–water partition coefficient (Wildman–Crippen LogP) is 4.85. The lowest BCUT2D eigenvalue weighted by Crippen LogP contribution is -2.74. The molecule has 2 aromatic rings. The highest BCUT2D eigenvalue weighted by Gasteiger charge is 2.64. The summed E-state index contributed by atoms with van der Waals surface area (Å²) in [5, 5.41) is 22.2. The van der Waals surface area contributed by atoms with Gasteiger partial charge >= 0.3 is 0 Å². The van der Waals surface area contributed by atoms with Crippen molar-refractivity contribution in [1.29, 1.82) is 5.26 Å². The average Bonchev–Trinajstić information content (AvgIpc) is 2.98. The first-order valence-electron chi connectivity index (χ1n) is 15.0. The van der Waals surface area contributed by atoms with Crippen molar-refractivity contribution < 1.29 is 28.2 Å². The number of carbonyl (C=O) groups is 1. The van der Waals surface area contributed by atoms with Crippen molar-refractivity contribution >= 4 is 11.6 Å². The molecule has 0 radical (unpaired) electrons. The number of hydrogen-bond donors (Lipinski definition) is 2. The average molecular weight is 597 g/mol. The van der Waals surface area contributed by atoms with Crippen LogP contribution in [0.5, 0.6) is 11.5 Å². The molecule has 1 atom stereocenters. The summed E-state index contributed by atoms with van der Waals surface area (Å²) in [6.07, 6.45) is 0.806. The van der Waals surface area contributed by atoms with Crippen LogP contribution in [-0.4, -0.2) is 79.4 Å². The van der Waals surface area contributed by atoms with Gasteiger partial charge in [0.15, 0.2) is 0 Å². The maximum absolute atomic E-state index is 15.2. The lowest BCUT2D eigenvalue weighted by atomic mass is 9.49. The third-order valence-corrected chi connectivity index (χ3v) is 9.66. The number of nitrogens with zero attached hydrogens (tertiary/aromatic N) is 3. The van der Waals surface area contributed by atoms with Gasteiger partial charge in [-0.15, -0.1) is 0 Å². The highest BCUT2D eigenvalue weighted by atomic mass is 19.3. The lowest BCUT2D eigenvalue weighted by Gasteiger charge is -2.63. The van der Waals surface area contributed by atoms with Crippen LogP contribution in [0.1, 0.15) is 62.9 Å². The van der Waals surface area contributed by atoms with Gasteiger partial charge in [-0.25, -0.2) is 8.78 Å². The van der Waals surface area contributed by atoms with Crippen molar-refractivity contribution in [3.8, 4) is 17.6 Å². The Balaban J connectivity index is 1.20. The van der Waals surface area contributed by atoms with Crippen LogP contribution < -0.4 is 19.7 Å². The summed E-state index contributed by atoms with van der Waals surface area (Å²) in [7, 11) is 1.51. The number of amides is 1. The number of ether oxygens (including phenoxy) is 2. The summed E-state index contributed by atoms with van der Waals surface area (Å²) in [5.41, 5.74) is 0.755. The van der Waals surface area contributed by atoms with Gasteiger partial charge in [0, 0.05) is 53.8 Å². The SMILES string of the molecule is COc1cc(OC2C(C)(C)C(NC(=O)c3ccc(N4CCC(N5CCC(O)CC5)C(F)(F)C4)cc3)C2(C)C)ccc1C#N. The van der Waals surface area contributed by atoms with E-state index in [4.69, 9.17) is 9.47 Å². The smallest absolute Gasteiger partial charge is 0.280 e. The molecule has 2 aliphatic heterocycles. The minimum atomic E-state index is -2.88. The fourth-order valence-electron chi connectivity index (χ4n) is 7.61. The molecule has 2 saturated heterocycles. The minimum Gasteiger partial charge on any atom is -0.495 e.